The van der Waals surface area contributed by atoms with Gasteiger partial charge in [-0.05, 0) is 17.9 Å². The molecule has 1 fully saturated rings. The number of anilines is 2. The lowest BCUT2D eigenvalue weighted by atomic mass is 10.1. The smallest absolute Gasteiger partial charge is 0.224 e. The van der Waals surface area contributed by atoms with Crippen molar-refractivity contribution in [1.29, 1.82) is 0 Å². The monoisotopic (exact) mass is 318 g/mol. The van der Waals surface area contributed by atoms with Crippen LogP contribution in [0.4, 0.5) is 11.8 Å². The van der Waals surface area contributed by atoms with Crippen LogP contribution in [0.5, 0.6) is 0 Å². The highest BCUT2D eigenvalue weighted by molar-refractivity contribution is 5.85. The van der Waals surface area contributed by atoms with Gasteiger partial charge < -0.3 is 21.3 Å². The third-order valence-corrected chi connectivity index (χ3v) is 4.10. The first kappa shape index (κ1) is 15.7. The van der Waals surface area contributed by atoms with Crippen LogP contribution in [-0.2, 0) is 0 Å². The van der Waals surface area contributed by atoms with Crippen molar-refractivity contribution in [1.82, 2.24) is 19.5 Å². The van der Waals surface area contributed by atoms with E-state index in [4.69, 9.17) is 5.73 Å². The number of nitrogens with zero attached hydrogens (tertiary/aromatic N) is 4. The third kappa shape index (κ3) is 2.87. The van der Waals surface area contributed by atoms with Crippen molar-refractivity contribution in [3.8, 4) is 0 Å². The molecule has 124 valence electrons. The number of hydrogen-bond acceptors (Lipinski definition) is 7. The quantitative estimate of drug-likeness (QED) is 0.618. The summed E-state index contributed by atoms with van der Waals surface area (Å²) in [7, 11) is 0. The Morgan fingerprint density at radius 1 is 1.39 bits per heavy atom. The third-order valence-electron chi connectivity index (χ3n) is 4.10. The molecule has 5 N–H and O–H groups in total. The zero-order valence-corrected chi connectivity index (χ0v) is 13.3. The SMILES string of the molecule is CC(C)CNc1nc(N)nc2c1ncn2/C=C1/CC1(CO)CO. The average Bonchev–Trinajstić information content (AvgIpc) is 3.09. The molecule has 0 aliphatic heterocycles. The first-order valence-electron chi connectivity index (χ1n) is 7.66. The topological polar surface area (TPSA) is 122 Å². The molecule has 8 nitrogen and oxygen atoms in total. The lowest BCUT2D eigenvalue weighted by Crippen LogP contribution is -2.12. The Balaban J connectivity index is 1.96. The normalized spacial score (nSPS) is 18.0. The molecular formula is C15H22N6O2. The van der Waals surface area contributed by atoms with E-state index in [1.54, 1.807) is 10.9 Å². The molecule has 0 amide bonds. The van der Waals surface area contributed by atoms with Gasteiger partial charge in [-0.15, -0.1) is 0 Å². The molecule has 0 saturated heterocycles. The number of aromatic nitrogens is 4. The number of rotatable bonds is 6. The summed E-state index contributed by atoms with van der Waals surface area (Å²) in [5.41, 5.74) is 7.52. The number of nitrogens with two attached hydrogens (primary N) is 1. The maximum Gasteiger partial charge on any atom is 0.224 e. The molecule has 0 radical (unpaired) electrons. The van der Waals surface area contributed by atoms with E-state index in [9.17, 15) is 10.2 Å². The highest BCUT2D eigenvalue weighted by Gasteiger charge is 2.48. The predicted octanol–water partition coefficient (Wildman–Crippen LogP) is 0.692. The average molecular weight is 318 g/mol. The summed E-state index contributed by atoms with van der Waals surface area (Å²) in [6.45, 7) is 4.83. The van der Waals surface area contributed by atoms with E-state index < -0.39 is 5.41 Å². The van der Waals surface area contributed by atoms with Crippen molar-refractivity contribution in [2.75, 3.05) is 30.8 Å². The maximum absolute atomic E-state index is 9.40. The molecule has 2 heterocycles. The zero-order valence-electron chi connectivity index (χ0n) is 13.3. The van der Waals surface area contributed by atoms with E-state index in [2.05, 4.69) is 34.1 Å². The van der Waals surface area contributed by atoms with Gasteiger partial charge in [0, 0.05) is 18.2 Å². The Hall–Kier alpha value is -2.19. The van der Waals surface area contributed by atoms with E-state index in [0.29, 0.717) is 29.3 Å². The molecule has 0 spiro atoms. The molecule has 8 heteroatoms. The molecule has 1 aliphatic rings. The van der Waals surface area contributed by atoms with Gasteiger partial charge in [-0.2, -0.15) is 9.97 Å². The van der Waals surface area contributed by atoms with E-state index in [1.807, 2.05) is 6.20 Å². The number of nitrogens with one attached hydrogen (secondary N) is 1. The fraction of sp³-hybridized carbons (Fsp3) is 0.533. The molecule has 0 unspecified atom stereocenters. The Kier molecular flexibility index (Phi) is 3.95. The summed E-state index contributed by atoms with van der Waals surface area (Å²) in [6, 6.07) is 0. The van der Waals surface area contributed by atoms with Crippen molar-refractivity contribution in [3.63, 3.8) is 0 Å². The summed E-state index contributed by atoms with van der Waals surface area (Å²) in [4.78, 5) is 12.9. The number of hydrogen-bond donors (Lipinski definition) is 4. The van der Waals surface area contributed by atoms with Crippen molar-refractivity contribution in [2.24, 2.45) is 11.3 Å². The minimum absolute atomic E-state index is 0.0692. The molecule has 23 heavy (non-hydrogen) atoms. The van der Waals surface area contributed by atoms with E-state index in [0.717, 1.165) is 12.1 Å². The van der Waals surface area contributed by atoms with E-state index in [-0.39, 0.29) is 19.2 Å². The first-order chi connectivity index (χ1) is 11.0. The van der Waals surface area contributed by atoms with Crippen LogP contribution in [0.15, 0.2) is 11.9 Å². The van der Waals surface area contributed by atoms with Gasteiger partial charge >= 0.3 is 0 Å². The highest BCUT2D eigenvalue weighted by Crippen LogP contribution is 2.51. The van der Waals surface area contributed by atoms with Crippen LogP contribution in [0, 0.1) is 11.3 Å². The van der Waals surface area contributed by atoms with Crippen LogP contribution in [-0.4, -0.2) is 49.5 Å². The van der Waals surface area contributed by atoms with Crippen molar-refractivity contribution in [3.05, 3.63) is 11.9 Å². The Morgan fingerprint density at radius 3 is 2.74 bits per heavy atom. The second-order valence-electron chi connectivity index (χ2n) is 6.46. The lowest BCUT2D eigenvalue weighted by Gasteiger charge is -2.09. The molecule has 2 aromatic rings. The van der Waals surface area contributed by atoms with Crippen LogP contribution in [0.1, 0.15) is 20.3 Å². The van der Waals surface area contributed by atoms with Gasteiger partial charge in [-0.1, -0.05) is 13.8 Å². The van der Waals surface area contributed by atoms with Crippen LogP contribution in [0.25, 0.3) is 17.4 Å². The Labute approximate surface area is 134 Å². The molecule has 3 rings (SSSR count). The van der Waals surface area contributed by atoms with Crippen LogP contribution >= 0.6 is 0 Å². The van der Waals surface area contributed by atoms with Crippen LogP contribution in [0.3, 0.4) is 0 Å². The van der Waals surface area contributed by atoms with Crippen molar-refractivity contribution >= 4 is 29.1 Å². The van der Waals surface area contributed by atoms with Gasteiger partial charge in [-0.25, -0.2) is 4.98 Å². The zero-order chi connectivity index (χ0) is 16.6. The van der Waals surface area contributed by atoms with Crippen LogP contribution in [0.2, 0.25) is 0 Å². The molecule has 1 saturated carbocycles. The first-order valence-corrected chi connectivity index (χ1v) is 7.66. The molecule has 0 bridgehead atoms. The van der Waals surface area contributed by atoms with Gasteiger partial charge in [0.2, 0.25) is 5.95 Å². The predicted molar refractivity (Wildman–Crippen MR) is 88.6 cm³/mol. The van der Waals surface area contributed by atoms with E-state index >= 15 is 0 Å². The van der Waals surface area contributed by atoms with Crippen LogP contribution < -0.4 is 11.1 Å². The lowest BCUT2D eigenvalue weighted by molar-refractivity contribution is 0.143. The minimum Gasteiger partial charge on any atom is -0.395 e. The van der Waals surface area contributed by atoms with E-state index in [1.165, 1.54) is 0 Å². The Bertz CT molecular complexity index is 748. The maximum atomic E-state index is 9.40. The standard InChI is InChI=1S/C15H22N6O2/c1-9(2)4-17-12-11-13(20-14(16)19-12)21(8-18-11)5-10-3-15(10,6-22)7-23/h5,8-9,22-23H,3-4,6-7H2,1-2H3,(H3,16,17,19,20)/b10-5-. The largest absolute Gasteiger partial charge is 0.395 e. The summed E-state index contributed by atoms with van der Waals surface area (Å²) >= 11 is 0. The van der Waals surface area contributed by atoms with Gasteiger partial charge in [-0.3, -0.25) is 4.57 Å². The fourth-order valence-corrected chi connectivity index (χ4v) is 2.49. The number of nitrogen functional groups attached to an aromatic ring is 1. The number of imidazole rings is 1. The number of aliphatic hydroxyl groups is 2. The second-order valence-corrected chi connectivity index (χ2v) is 6.46. The molecule has 0 aromatic carbocycles. The molecule has 2 aromatic heterocycles. The van der Waals surface area contributed by atoms with Gasteiger partial charge in [0.15, 0.2) is 17.0 Å². The second kappa shape index (κ2) is 5.78. The number of fused-ring (bicyclic) bond motifs is 1. The minimum atomic E-state index is -0.506. The molecule has 0 atom stereocenters. The fourth-order valence-electron chi connectivity index (χ4n) is 2.49. The summed E-state index contributed by atoms with van der Waals surface area (Å²) in [6.07, 6.45) is 4.16. The summed E-state index contributed by atoms with van der Waals surface area (Å²) in [5, 5.41) is 22.0. The summed E-state index contributed by atoms with van der Waals surface area (Å²) < 4.78 is 1.76. The van der Waals surface area contributed by atoms with Crippen molar-refractivity contribution < 1.29 is 10.2 Å². The molecule has 1 aliphatic carbocycles. The van der Waals surface area contributed by atoms with Gasteiger partial charge in [0.05, 0.1) is 13.2 Å². The molecular weight excluding hydrogens is 296 g/mol. The summed E-state index contributed by atoms with van der Waals surface area (Å²) in [5.74, 6) is 1.26. The Morgan fingerprint density at radius 2 is 2.13 bits per heavy atom. The van der Waals surface area contributed by atoms with Gasteiger partial charge in [0.1, 0.15) is 6.33 Å². The highest BCUT2D eigenvalue weighted by atomic mass is 16.3. The van der Waals surface area contributed by atoms with Crippen molar-refractivity contribution in [2.45, 2.75) is 20.3 Å². The number of aliphatic hydroxyl groups excluding tert-OH is 2. The van der Waals surface area contributed by atoms with Gasteiger partial charge in [0.25, 0.3) is 0 Å².